The molecule has 0 spiro atoms. The van der Waals surface area contributed by atoms with E-state index in [0.717, 1.165) is 18.4 Å². The van der Waals surface area contributed by atoms with Crippen molar-refractivity contribution < 1.29 is 23.6 Å². The number of hydrogen-bond acceptors (Lipinski definition) is 8. The molecule has 0 bridgehead atoms. The van der Waals surface area contributed by atoms with Gasteiger partial charge in [-0.15, -0.1) is 0 Å². The van der Waals surface area contributed by atoms with E-state index in [9.17, 15) is 9.59 Å². The standard InChI is InChI=1S/C20H25N5O5/c1-12(26)21-9-15-5-4-14(25(15)2)8-19(27)22-10-18-23-20(30-24-18)13-3-6-16-17(7-13)29-11-28-16/h3,6-7,14-15H,4-5,8-11H2,1-2H3,(H,21,26)(H,22,27)/t14-,15+/m0/s1. The van der Waals surface area contributed by atoms with Gasteiger partial charge in [-0.1, -0.05) is 5.16 Å². The lowest BCUT2D eigenvalue weighted by Gasteiger charge is -2.25. The van der Waals surface area contributed by atoms with Crippen molar-refractivity contribution in [3.8, 4) is 23.0 Å². The highest BCUT2D eigenvalue weighted by Gasteiger charge is 2.31. The number of likely N-dealkylation sites (tertiary alicyclic amines) is 1. The smallest absolute Gasteiger partial charge is 0.258 e. The molecule has 2 aliphatic heterocycles. The number of rotatable bonds is 7. The molecule has 0 radical (unpaired) electrons. The largest absolute Gasteiger partial charge is 0.454 e. The lowest BCUT2D eigenvalue weighted by atomic mass is 10.1. The maximum atomic E-state index is 12.4. The summed E-state index contributed by atoms with van der Waals surface area (Å²) in [6.45, 7) is 2.51. The molecule has 0 aliphatic carbocycles. The van der Waals surface area contributed by atoms with Crippen LogP contribution in [0.25, 0.3) is 11.5 Å². The number of carbonyl (C=O) groups is 2. The first-order valence-corrected chi connectivity index (χ1v) is 9.95. The van der Waals surface area contributed by atoms with Crippen molar-refractivity contribution in [1.82, 2.24) is 25.7 Å². The number of ether oxygens (including phenoxy) is 2. The number of fused-ring (bicyclic) bond motifs is 1. The molecule has 3 heterocycles. The van der Waals surface area contributed by atoms with Gasteiger partial charge in [-0.25, -0.2) is 0 Å². The van der Waals surface area contributed by atoms with Gasteiger partial charge in [0.05, 0.1) is 6.54 Å². The second kappa shape index (κ2) is 8.70. The van der Waals surface area contributed by atoms with Gasteiger partial charge < -0.3 is 24.6 Å². The summed E-state index contributed by atoms with van der Waals surface area (Å²) in [5.41, 5.74) is 0.724. The van der Waals surface area contributed by atoms with Gasteiger partial charge in [-0.2, -0.15) is 4.98 Å². The highest BCUT2D eigenvalue weighted by atomic mass is 16.7. The van der Waals surface area contributed by atoms with Crippen LogP contribution in [0.5, 0.6) is 11.5 Å². The molecule has 4 rings (SSSR count). The number of nitrogens with zero attached hydrogens (tertiary/aromatic N) is 3. The van der Waals surface area contributed by atoms with Crippen molar-refractivity contribution in [2.45, 2.75) is 44.8 Å². The highest BCUT2D eigenvalue weighted by molar-refractivity contribution is 5.76. The number of aromatic nitrogens is 2. The number of likely N-dealkylation sites (N-methyl/N-ethyl adjacent to an activating group) is 1. The zero-order valence-corrected chi connectivity index (χ0v) is 17.0. The summed E-state index contributed by atoms with van der Waals surface area (Å²) < 4.78 is 16.0. The molecule has 160 valence electrons. The first kappa shape index (κ1) is 20.1. The molecule has 2 aromatic rings. The van der Waals surface area contributed by atoms with E-state index in [1.54, 1.807) is 12.1 Å². The molecule has 1 fully saturated rings. The van der Waals surface area contributed by atoms with Crippen molar-refractivity contribution in [3.63, 3.8) is 0 Å². The maximum absolute atomic E-state index is 12.4. The third-order valence-electron chi connectivity index (χ3n) is 5.52. The molecule has 10 nitrogen and oxygen atoms in total. The summed E-state index contributed by atoms with van der Waals surface area (Å²) in [6.07, 6.45) is 2.27. The van der Waals surface area contributed by atoms with Crippen LogP contribution in [-0.4, -0.2) is 59.3 Å². The lowest BCUT2D eigenvalue weighted by molar-refractivity contribution is -0.122. The monoisotopic (exact) mass is 415 g/mol. The van der Waals surface area contributed by atoms with Crippen molar-refractivity contribution in [2.24, 2.45) is 0 Å². The molecule has 2 aliphatic rings. The molecule has 0 saturated carbocycles. The minimum Gasteiger partial charge on any atom is -0.454 e. The van der Waals surface area contributed by atoms with Crippen LogP contribution >= 0.6 is 0 Å². The normalized spacial score (nSPS) is 20.3. The van der Waals surface area contributed by atoms with E-state index in [1.807, 2.05) is 13.1 Å². The second-order valence-corrected chi connectivity index (χ2v) is 7.55. The summed E-state index contributed by atoms with van der Waals surface area (Å²) in [5.74, 6) is 1.97. The van der Waals surface area contributed by atoms with Crippen LogP contribution in [0.2, 0.25) is 0 Å². The van der Waals surface area contributed by atoms with Crippen LogP contribution < -0.4 is 20.1 Å². The molecule has 0 unspecified atom stereocenters. The van der Waals surface area contributed by atoms with E-state index in [2.05, 4.69) is 25.7 Å². The van der Waals surface area contributed by atoms with Gasteiger partial charge in [0, 0.05) is 37.5 Å². The fourth-order valence-electron chi connectivity index (χ4n) is 3.78. The van der Waals surface area contributed by atoms with Gasteiger partial charge in [0.15, 0.2) is 17.3 Å². The Morgan fingerprint density at radius 2 is 1.97 bits per heavy atom. The highest BCUT2D eigenvalue weighted by Crippen LogP contribution is 2.35. The Bertz CT molecular complexity index is 930. The molecule has 10 heteroatoms. The van der Waals surface area contributed by atoms with Gasteiger partial charge in [-0.05, 0) is 38.1 Å². The summed E-state index contributed by atoms with van der Waals surface area (Å²) in [6, 6.07) is 5.80. The first-order chi connectivity index (χ1) is 14.5. The van der Waals surface area contributed by atoms with Gasteiger partial charge in [0.25, 0.3) is 5.89 Å². The summed E-state index contributed by atoms with van der Waals surface area (Å²) in [7, 11) is 1.99. The number of hydrogen-bond donors (Lipinski definition) is 2. The average Bonchev–Trinajstić information content (AvgIpc) is 3.45. The number of carbonyl (C=O) groups excluding carboxylic acids is 2. The van der Waals surface area contributed by atoms with E-state index >= 15 is 0 Å². The molecule has 1 aromatic heterocycles. The lowest BCUT2D eigenvalue weighted by Crippen LogP contribution is -2.42. The minimum atomic E-state index is -0.0681. The fraction of sp³-hybridized carbons (Fsp3) is 0.500. The van der Waals surface area contributed by atoms with E-state index in [1.165, 1.54) is 6.92 Å². The molecule has 2 amide bonds. The number of benzene rings is 1. The molecule has 1 aromatic carbocycles. The predicted molar refractivity (Wildman–Crippen MR) is 106 cm³/mol. The van der Waals surface area contributed by atoms with E-state index in [0.29, 0.717) is 36.2 Å². The zero-order chi connectivity index (χ0) is 21.1. The van der Waals surface area contributed by atoms with Crippen molar-refractivity contribution in [2.75, 3.05) is 20.4 Å². The van der Waals surface area contributed by atoms with Crippen molar-refractivity contribution in [3.05, 3.63) is 24.0 Å². The fourth-order valence-corrected chi connectivity index (χ4v) is 3.78. The van der Waals surface area contributed by atoms with E-state index in [-0.39, 0.29) is 37.2 Å². The Labute approximate surface area is 173 Å². The number of nitrogens with one attached hydrogen (secondary N) is 2. The molecule has 30 heavy (non-hydrogen) atoms. The Kier molecular flexibility index (Phi) is 5.84. The summed E-state index contributed by atoms with van der Waals surface area (Å²) in [4.78, 5) is 30.0. The zero-order valence-electron chi connectivity index (χ0n) is 17.0. The van der Waals surface area contributed by atoms with Gasteiger partial charge in [-0.3, -0.25) is 14.5 Å². The maximum Gasteiger partial charge on any atom is 0.258 e. The first-order valence-electron chi connectivity index (χ1n) is 9.95. The second-order valence-electron chi connectivity index (χ2n) is 7.55. The van der Waals surface area contributed by atoms with Crippen LogP contribution in [-0.2, 0) is 16.1 Å². The third-order valence-corrected chi connectivity index (χ3v) is 5.52. The van der Waals surface area contributed by atoms with Gasteiger partial charge in [0.2, 0.25) is 18.6 Å². The average molecular weight is 415 g/mol. The SMILES string of the molecule is CC(=O)NC[C@H]1CC[C@@H](CC(=O)NCc2noc(-c3ccc4c(c3)OCO4)n2)N1C. The van der Waals surface area contributed by atoms with Crippen LogP contribution in [0, 0.1) is 0 Å². The van der Waals surface area contributed by atoms with Crippen molar-refractivity contribution in [1.29, 1.82) is 0 Å². The molecule has 2 N–H and O–H groups in total. The van der Waals surface area contributed by atoms with Crippen LogP contribution in [0.15, 0.2) is 22.7 Å². The quantitative estimate of drug-likeness (QED) is 0.689. The van der Waals surface area contributed by atoms with Crippen LogP contribution in [0.3, 0.4) is 0 Å². The topological polar surface area (TPSA) is 119 Å². The predicted octanol–water partition coefficient (Wildman–Crippen LogP) is 1.07. The van der Waals surface area contributed by atoms with Crippen LogP contribution in [0.4, 0.5) is 0 Å². The Morgan fingerprint density at radius 3 is 2.80 bits per heavy atom. The summed E-state index contributed by atoms with van der Waals surface area (Å²) >= 11 is 0. The Balaban J connectivity index is 1.26. The molecular weight excluding hydrogens is 390 g/mol. The van der Waals surface area contributed by atoms with Crippen molar-refractivity contribution >= 4 is 11.8 Å². The van der Waals surface area contributed by atoms with E-state index < -0.39 is 0 Å². The molecular formula is C20H25N5O5. The minimum absolute atomic E-state index is 0.0372. The number of amides is 2. The van der Waals surface area contributed by atoms with Gasteiger partial charge in [0.1, 0.15) is 0 Å². The Hall–Kier alpha value is -3.14. The Morgan fingerprint density at radius 1 is 1.17 bits per heavy atom. The van der Waals surface area contributed by atoms with E-state index in [4.69, 9.17) is 14.0 Å². The van der Waals surface area contributed by atoms with Crippen LogP contribution in [0.1, 0.15) is 32.0 Å². The summed E-state index contributed by atoms with van der Waals surface area (Å²) in [5, 5.41) is 9.63. The molecule has 2 atom stereocenters. The third kappa shape index (κ3) is 4.54. The van der Waals surface area contributed by atoms with Gasteiger partial charge >= 0.3 is 0 Å². The molecule has 1 saturated heterocycles.